The molecule has 0 fully saturated rings. The predicted octanol–water partition coefficient (Wildman–Crippen LogP) is 4.74. The Balaban J connectivity index is 2.05. The molecule has 2 aromatic carbocycles. The van der Waals surface area contributed by atoms with Crippen LogP contribution in [-0.2, 0) is 12.8 Å². The van der Waals surface area contributed by atoms with Crippen molar-refractivity contribution in [2.45, 2.75) is 46.6 Å². The van der Waals surface area contributed by atoms with E-state index in [9.17, 15) is 0 Å². The molecule has 0 bridgehead atoms. The van der Waals surface area contributed by atoms with Gasteiger partial charge in [0.25, 0.3) is 0 Å². The lowest BCUT2D eigenvalue weighted by Crippen LogP contribution is -2.13. The van der Waals surface area contributed by atoms with E-state index in [2.05, 4.69) is 70.2 Å². The van der Waals surface area contributed by atoms with E-state index in [-0.39, 0.29) is 6.04 Å². The van der Waals surface area contributed by atoms with Gasteiger partial charge in [0, 0.05) is 6.04 Å². The van der Waals surface area contributed by atoms with E-state index in [1.165, 1.54) is 27.8 Å². The summed E-state index contributed by atoms with van der Waals surface area (Å²) in [5.74, 6) is 0.694. The molecule has 0 aliphatic heterocycles. The summed E-state index contributed by atoms with van der Waals surface area (Å²) in [4.78, 5) is 0. The summed E-state index contributed by atoms with van der Waals surface area (Å²) < 4.78 is 0. The van der Waals surface area contributed by atoms with Crippen molar-refractivity contribution in [3.8, 4) is 0 Å². The summed E-state index contributed by atoms with van der Waals surface area (Å²) in [5.41, 5.74) is 13.0. The molecule has 112 valence electrons. The minimum atomic E-state index is 0.0696. The fourth-order valence-corrected chi connectivity index (χ4v) is 2.67. The second kappa shape index (κ2) is 6.91. The topological polar surface area (TPSA) is 26.0 Å². The van der Waals surface area contributed by atoms with Gasteiger partial charge in [-0.25, -0.2) is 0 Å². The maximum absolute atomic E-state index is 6.37. The number of aryl methyl sites for hydroxylation is 2. The molecule has 1 unspecified atom stereocenters. The van der Waals surface area contributed by atoms with Crippen molar-refractivity contribution in [3.63, 3.8) is 0 Å². The molecule has 1 heteroatoms. The first-order valence-electron chi connectivity index (χ1n) is 7.86. The van der Waals surface area contributed by atoms with Gasteiger partial charge in [-0.1, -0.05) is 56.3 Å². The molecule has 0 heterocycles. The number of benzene rings is 2. The molecule has 0 aliphatic rings. The van der Waals surface area contributed by atoms with Gasteiger partial charge in [0.05, 0.1) is 0 Å². The summed E-state index contributed by atoms with van der Waals surface area (Å²) in [5, 5.41) is 0. The monoisotopic (exact) mass is 281 g/mol. The van der Waals surface area contributed by atoms with Crippen LogP contribution in [0.3, 0.4) is 0 Å². The van der Waals surface area contributed by atoms with Gasteiger partial charge in [-0.3, -0.25) is 0 Å². The quantitative estimate of drug-likeness (QED) is 0.841. The van der Waals surface area contributed by atoms with Crippen LogP contribution in [0.25, 0.3) is 0 Å². The second-order valence-corrected chi connectivity index (χ2v) is 6.57. The third kappa shape index (κ3) is 4.44. The highest BCUT2D eigenvalue weighted by molar-refractivity contribution is 5.32. The van der Waals surface area contributed by atoms with Crippen molar-refractivity contribution in [3.05, 3.63) is 70.3 Å². The molecule has 2 aromatic rings. The van der Waals surface area contributed by atoms with E-state index >= 15 is 0 Å². The maximum Gasteiger partial charge on any atom is 0.0335 e. The Bertz CT molecular complexity index is 581. The predicted molar refractivity (Wildman–Crippen MR) is 91.5 cm³/mol. The van der Waals surface area contributed by atoms with Crippen LogP contribution in [0, 0.1) is 19.8 Å². The first-order valence-corrected chi connectivity index (χ1v) is 7.86. The molecule has 0 saturated carbocycles. The van der Waals surface area contributed by atoms with Crippen LogP contribution in [0.5, 0.6) is 0 Å². The molecular formula is C20H27N. The Labute approximate surface area is 129 Å². The summed E-state index contributed by atoms with van der Waals surface area (Å²) >= 11 is 0. The van der Waals surface area contributed by atoms with Crippen LogP contribution in [0.4, 0.5) is 0 Å². The molecule has 0 amide bonds. The van der Waals surface area contributed by atoms with Gasteiger partial charge in [-0.2, -0.15) is 0 Å². The van der Waals surface area contributed by atoms with Gasteiger partial charge in [-0.05, 0) is 60.4 Å². The highest BCUT2D eigenvalue weighted by Crippen LogP contribution is 2.19. The summed E-state index contributed by atoms with van der Waals surface area (Å²) in [6.07, 6.45) is 2.03. The Morgan fingerprint density at radius 2 is 1.43 bits per heavy atom. The third-order valence-corrected chi connectivity index (χ3v) is 4.08. The molecule has 0 saturated heterocycles. The van der Waals surface area contributed by atoms with Crippen LogP contribution >= 0.6 is 0 Å². The molecule has 0 aromatic heterocycles. The third-order valence-electron chi connectivity index (χ3n) is 4.08. The fraction of sp³-hybridized carbons (Fsp3) is 0.400. The van der Waals surface area contributed by atoms with E-state index in [0.717, 1.165) is 12.8 Å². The fourth-order valence-electron chi connectivity index (χ4n) is 2.67. The number of rotatable bonds is 5. The SMILES string of the molecule is Cc1ccc(CC(N)c2ccc(CC(C)C)cc2)cc1C. The summed E-state index contributed by atoms with van der Waals surface area (Å²) in [7, 11) is 0. The highest BCUT2D eigenvalue weighted by atomic mass is 14.6. The van der Waals surface area contributed by atoms with E-state index in [1.807, 2.05) is 0 Å². The average Bonchev–Trinajstić information content (AvgIpc) is 2.43. The van der Waals surface area contributed by atoms with Gasteiger partial charge in [0.1, 0.15) is 0 Å². The number of hydrogen-bond donors (Lipinski definition) is 1. The van der Waals surface area contributed by atoms with Crippen LogP contribution in [0.2, 0.25) is 0 Å². The maximum atomic E-state index is 6.37. The molecule has 21 heavy (non-hydrogen) atoms. The van der Waals surface area contributed by atoms with Crippen molar-refractivity contribution in [1.82, 2.24) is 0 Å². The van der Waals surface area contributed by atoms with Gasteiger partial charge >= 0.3 is 0 Å². The van der Waals surface area contributed by atoms with E-state index in [4.69, 9.17) is 5.73 Å². The second-order valence-electron chi connectivity index (χ2n) is 6.57. The molecule has 1 nitrogen and oxygen atoms in total. The smallest absolute Gasteiger partial charge is 0.0335 e. The van der Waals surface area contributed by atoms with Gasteiger partial charge in [0.2, 0.25) is 0 Å². The molecule has 0 aliphatic carbocycles. The van der Waals surface area contributed by atoms with E-state index in [1.54, 1.807) is 0 Å². The van der Waals surface area contributed by atoms with Crippen LogP contribution < -0.4 is 5.73 Å². The zero-order chi connectivity index (χ0) is 15.4. The first-order chi connectivity index (χ1) is 9.95. The molecule has 0 radical (unpaired) electrons. The molecular weight excluding hydrogens is 254 g/mol. The van der Waals surface area contributed by atoms with Crippen molar-refractivity contribution in [2.24, 2.45) is 11.7 Å². The van der Waals surface area contributed by atoms with Gasteiger partial charge in [-0.15, -0.1) is 0 Å². The molecule has 2 rings (SSSR count). The summed E-state index contributed by atoms with van der Waals surface area (Å²) in [6.45, 7) is 8.80. The molecule has 1 atom stereocenters. The Morgan fingerprint density at radius 3 is 2.00 bits per heavy atom. The first kappa shape index (κ1) is 15.8. The largest absolute Gasteiger partial charge is 0.324 e. The van der Waals surface area contributed by atoms with Crippen molar-refractivity contribution in [2.75, 3.05) is 0 Å². The van der Waals surface area contributed by atoms with Gasteiger partial charge in [0.15, 0.2) is 0 Å². The minimum absolute atomic E-state index is 0.0696. The van der Waals surface area contributed by atoms with Crippen molar-refractivity contribution < 1.29 is 0 Å². The number of hydrogen-bond acceptors (Lipinski definition) is 1. The van der Waals surface area contributed by atoms with Crippen LogP contribution in [0.1, 0.15) is 47.7 Å². The molecule has 0 spiro atoms. The van der Waals surface area contributed by atoms with E-state index in [0.29, 0.717) is 5.92 Å². The summed E-state index contributed by atoms with van der Waals surface area (Å²) in [6, 6.07) is 15.5. The lowest BCUT2D eigenvalue weighted by molar-refractivity contribution is 0.646. The standard InChI is InChI=1S/C20H27N/c1-14(2)11-17-7-9-19(10-8-17)20(21)13-18-6-5-15(3)16(4)12-18/h5-10,12,14,20H,11,13,21H2,1-4H3. The lowest BCUT2D eigenvalue weighted by Gasteiger charge is -2.14. The van der Waals surface area contributed by atoms with Gasteiger partial charge < -0.3 is 5.73 Å². The highest BCUT2D eigenvalue weighted by Gasteiger charge is 2.08. The zero-order valence-corrected chi connectivity index (χ0v) is 13.7. The zero-order valence-electron chi connectivity index (χ0n) is 13.7. The minimum Gasteiger partial charge on any atom is -0.324 e. The Hall–Kier alpha value is -1.60. The Morgan fingerprint density at radius 1 is 0.810 bits per heavy atom. The van der Waals surface area contributed by atoms with Crippen molar-refractivity contribution in [1.29, 1.82) is 0 Å². The lowest BCUT2D eigenvalue weighted by atomic mass is 9.95. The van der Waals surface area contributed by atoms with Crippen molar-refractivity contribution >= 4 is 0 Å². The normalized spacial score (nSPS) is 12.7. The van der Waals surface area contributed by atoms with E-state index < -0.39 is 0 Å². The van der Waals surface area contributed by atoms with Crippen LogP contribution in [0.15, 0.2) is 42.5 Å². The number of nitrogens with two attached hydrogens (primary N) is 1. The average molecular weight is 281 g/mol. The molecule has 2 N–H and O–H groups in total. The van der Waals surface area contributed by atoms with Crippen LogP contribution in [-0.4, -0.2) is 0 Å². The Kier molecular flexibility index (Phi) is 5.19.